The van der Waals surface area contributed by atoms with Gasteiger partial charge in [0.25, 0.3) is 5.91 Å². The van der Waals surface area contributed by atoms with E-state index in [1.807, 2.05) is 12.1 Å². The van der Waals surface area contributed by atoms with Crippen molar-refractivity contribution in [2.75, 3.05) is 26.2 Å². The van der Waals surface area contributed by atoms with Crippen LogP contribution < -0.4 is 0 Å². The number of rotatable bonds is 8. The second-order valence-corrected chi connectivity index (χ2v) is 11.0. The lowest BCUT2D eigenvalue weighted by atomic mass is 9.90. The first-order valence-electron chi connectivity index (χ1n) is 13.2. The molecule has 2 saturated heterocycles. The zero-order valence-electron chi connectivity index (χ0n) is 21.2. The largest absolute Gasteiger partial charge is 0.336 e. The molecule has 0 spiro atoms. The van der Waals surface area contributed by atoms with E-state index in [0.29, 0.717) is 12.6 Å². The van der Waals surface area contributed by atoms with Crippen molar-refractivity contribution in [3.8, 4) is 11.1 Å². The molecule has 0 N–H and O–H groups in total. The molecule has 2 heterocycles. The molecule has 3 nitrogen and oxygen atoms in total. The molecule has 0 radical (unpaired) electrons. The normalized spacial score (nSPS) is 20.1. The second-order valence-electron chi connectivity index (χ2n) is 11.0. The Morgan fingerprint density at radius 3 is 2.15 bits per heavy atom. The van der Waals surface area contributed by atoms with E-state index >= 15 is 0 Å². The van der Waals surface area contributed by atoms with Gasteiger partial charge in [0.05, 0.1) is 0 Å². The number of benzene rings is 2. The molecule has 2 aromatic carbocycles. The van der Waals surface area contributed by atoms with Gasteiger partial charge >= 0.3 is 0 Å². The molecule has 2 aliphatic heterocycles. The number of aryl methyl sites for hydroxylation is 1. The molecule has 184 valence electrons. The average molecular weight is 465 g/mol. The van der Waals surface area contributed by atoms with Crippen molar-refractivity contribution in [3.05, 3.63) is 59.7 Å². The smallest absolute Gasteiger partial charge is 0.254 e. The molecule has 0 bridgehead atoms. The van der Waals surface area contributed by atoms with Gasteiger partial charge in [0.1, 0.15) is 5.67 Å². The molecule has 1 amide bonds. The molecule has 2 aromatic rings. The first-order valence-corrected chi connectivity index (χ1v) is 13.2. The number of alkyl halides is 1. The summed E-state index contributed by atoms with van der Waals surface area (Å²) in [6, 6.07) is 17.4. The Kier molecular flexibility index (Phi) is 8.08. The fourth-order valence-corrected chi connectivity index (χ4v) is 5.70. The molecule has 34 heavy (non-hydrogen) atoms. The highest BCUT2D eigenvalue weighted by molar-refractivity contribution is 5.95. The molecule has 0 saturated carbocycles. The maximum absolute atomic E-state index is 13.9. The van der Waals surface area contributed by atoms with Crippen LogP contribution in [-0.4, -0.2) is 53.6 Å². The third-order valence-corrected chi connectivity index (χ3v) is 7.68. The highest BCUT2D eigenvalue weighted by Crippen LogP contribution is 2.27. The number of amides is 1. The van der Waals surface area contributed by atoms with E-state index in [1.165, 1.54) is 30.4 Å². The third-order valence-electron chi connectivity index (χ3n) is 7.68. The van der Waals surface area contributed by atoms with E-state index in [1.54, 1.807) is 13.8 Å². The Morgan fingerprint density at radius 1 is 0.941 bits per heavy atom. The van der Waals surface area contributed by atoms with Crippen LogP contribution in [0.1, 0.15) is 75.2 Å². The Hall–Kier alpha value is -2.20. The first kappa shape index (κ1) is 24.9. The van der Waals surface area contributed by atoms with Gasteiger partial charge in [-0.15, -0.1) is 0 Å². The summed E-state index contributed by atoms with van der Waals surface area (Å²) in [5.41, 5.74) is 3.41. The molecule has 2 fully saturated rings. The summed E-state index contributed by atoms with van der Waals surface area (Å²) in [6.45, 7) is 8.99. The number of hydrogen-bond acceptors (Lipinski definition) is 2. The third kappa shape index (κ3) is 6.47. The van der Waals surface area contributed by atoms with Crippen LogP contribution in [0.25, 0.3) is 11.1 Å². The molecule has 0 aromatic heterocycles. The number of halogens is 1. The number of hydrogen-bond donors (Lipinski definition) is 0. The fourth-order valence-electron chi connectivity index (χ4n) is 5.70. The summed E-state index contributed by atoms with van der Waals surface area (Å²) in [7, 11) is 0. The van der Waals surface area contributed by atoms with E-state index in [2.05, 4.69) is 53.1 Å². The number of likely N-dealkylation sites (tertiary alicyclic amines) is 2. The average Bonchev–Trinajstić information content (AvgIpc) is 3.32. The van der Waals surface area contributed by atoms with Crippen LogP contribution >= 0.6 is 0 Å². The van der Waals surface area contributed by atoms with E-state index in [9.17, 15) is 9.18 Å². The van der Waals surface area contributed by atoms with Crippen LogP contribution in [-0.2, 0) is 6.42 Å². The molecule has 4 heteroatoms. The lowest BCUT2D eigenvalue weighted by molar-refractivity contribution is 0.0733. The van der Waals surface area contributed by atoms with Gasteiger partial charge in [0, 0.05) is 24.7 Å². The summed E-state index contributed by atoms with van der Waals surface area (Å²) in [5.74, 6) is 0.914. The fraction of sp³-hybridized carbons (Fsp3) is 0.567. The van der Waals surface area contributed by atoms with E-state index in [4.69, 9.17) is 0 Å². The predicted octanol–water partition coefficient (Wildman–Crippen LogP) is 6.76. The number of carbonyl (C=O) groups excluding carboxylic acids is 1. The van der Waals surface area contributed by atoms with Crippen molar-refractivity contribution < 1.29 is 9.18 Å². The zero-order valence-corrected chi connectivity index (χ0v) is 21.2. The van der Waals surface area contributed by atoms with Crippen molar-refractivity contribution in [3.63, 3.8) is 0 Å². The van der Waals surface area contributed by atoms with Crippen LogP contribution in [0.5, 0.6) is 0 Å². The van der Waals surface area contributed by atoms with Gasteiger partial charge in [0.15, 0.2) is 0 Å². The second kappa shape index (κ2) is 11.0. The summed E-state index contributed by atoms with van der Waals surface area (Å²) in [4.78, 5) is 17.2. The van der Waals surface area contributed by atoms with Crippen molar-refractivity contribution in [1.82, 2.24) is 9.80 Å². The van der Waals surface area contributed by atoms with Crippen LogP contribution in [0, 0.1) is 5.92 Å². The van der Waals surface area contributed by atoms with Crippen LogP contribution in [0.2, 0.25) is 0 Å². The lowest BCUT2D eigenvalue weighted by Gasteiger charge is -2.34. The highest BCUT2D eigenvalue weighted by Gasteiger charge is 2.28. The zero-order chi connectivity index (χ0) is 24.1. The Labute approximate surface area is 205 Å². The molecular formula is C30H41FN2O. The molecule has 1 atom stereocenters. The van der Waals surface area contributed by atoms with Crippen molar-refractivity contribution in [2.45, 2.75) is 77.4 Å². The minimum absolute atomic E-state index is 0.172. The van der Waals surface area contributed by atoms with Crippen LogP contribution in [0.4, 0.5) is 4.39 Å². The van der Waals surface area contributed by atoms with Crippen LogP contribution in [0.3, 0.4) is 0 Å². The Balaban J connectivity index is 1.27. The van der Waals surface area contributed by atoms with Gasteiger partial charge in [-0.05, 0) is 107 Å². The molecule has 1 unspecified atom stereocenters. The van der Waals surface area contributed by atoms with Gasteiger partial charge in [-0.3, -0.25) is 4.79 Å². The quantitative estimate of drug-likeness (QED) is 0.431. The summed E-state index contributed by atoms with van der Waals surface area (Å²) in [5, 5.41) is 0. The standard InChI is InChI=1S/C30H41FN2O/c1-4-28-6-5-19-33(28)29(34)27-15-13-26(14-16-27)25-11-9-23(10-12-25)7-8-24-17-20-32(21-18-24)22-30(2,3)31/h9-16,24,28H,4-8,17-22H2,1-3H3. The van der Waals surface area contributed by atoms with E-state index < -0.39 is 5.67 Å². The SMILES string of the molecule is CCC1CCCN1C(=O)c1ccc(-c2ccc(CCC3CCN(CC(C)(C)F)CC3)cc2)cc1. The van der Waals surface area contributed by atoms with Gasteiger partial charge in [-0.25, -0.2) is 4.39 Å². The Morgan fingerprint density at radius 2 is 1.56 bits per heavy atom. The maximum Gasteiger partial charge on any atom is 0.254 e. The Bertz CT molecular complexity index is 924. The minimum atomic E-state index is -1.10. The summed E-state index contributed by atoms with van der Waals surface area (Å²) < 4.78 is 13.9. The van der Waals surface area contributed by atoms with Crippen molar-refractivity contribution in [1.29, 1.82) is 0 Å². The van der Waals surface area contributed by atoms with Gasteiger partial charge in [-0.1, -0.05) is 43.3 Å². The monoisotopic (exact) mass is 464 g/mol. The highest BCUT2D eigenvalue weighted by atomic mass is 19.1. The maximum atomic E-state index is 13.9. The predicted molar refractivity (Wildman–Crippen MR) is 139 cm³/mol. The van der Waals surface area contributed by atoms with Crippen LogP contribution in [0.15, 0.2) is 48.5 Å². The van der Waals surface area contributed by atoms with Gasteiger partial charge < -0.3 is 9.80 Å². The minimum Gasteiger partial charge on any atom is -0.336 e. The van der Waals surface area contributed by atoms with E-state index in [0.717, 1.165) is 62.4 Å². The molecule has 0 aliphatic carbocycles. The van der Waals surface area contributed by atoms with E-state index in [-0.39, 0.29) is 5.91 Å². The first-order chi connectivity index (χ1) is 16.3. The number of piperidine rings is 1. The van der Waals surface area contributed by atoms with Gasteiger partial charge in [0.2, 0.25) is 0 Å². The summed E-state index contributed by atoms with van der Waals surface area (Å²) >= 11 is 0. The van der Waals surface area contributed by atoms with Gasteiger partial charge in [-0.2, -0.15) is 0 Å². The topological polar surface area (TPSA) is 23.6 Å². The molecule has 4 rings (SSSR count). The number of carbonyl (C=O) groups is 1. The summed E-state index contributed by atoms with van der Waals surface area (Å²) in [6.07, 6.45) is 7.94. The lowest BCUT2D eigenvalue weighted by Crippen LogP contribution is -2.41. The number of nitrogens with zero attached hydrogens (tertiary/aromatic N) is 2. The molecule has 2 aliphatic rings. The van der Waals surface area contributed by atoms with Crippen molar-refractivity contribution >= 4 is 5.91 Å². The van der Waals surface area contributed by atoms with Crippen molar-refractivity contribution in [2.24, 2.45) is 5.92 Å². The molecular weight excluding hydrogens is 423 g/mol.